The van der Waals surface area contributed by atoms with Crippen molar-refractivity contribution in [1.82, 2.24) is 24.9 Å². The topological polar surface area (TPSA) is 59.1 Å². The molecule has 2 amide bonds. The van der Waals surface area contributed by atoms with Crippen molar-refractivity contribution in [3.05, 3.63) is 0 Å². The van der Waals surface area contributed by atoms with Gasteiger partial charge in [-0.25, -0.2) is 0 Å². The molecule has 1 N–H and O–H groups in total. The molecular weight excluding hydrogens is 354 g/mol. The zero-order valence-corrected chi connectivity index (χ0v) is 17.6. The standard InChI is InChI=1S/C21H37N5O2/c1-23-12-7-16(8-13-23)26-14-9-18-20(26)21(28)22-15-17(24(18)2)5-6-19(27)25-10-3-4-11-25/h16-18,20H,3-15H2,1-2H3,(H,22,28)/t17-,18+,20-/m0/s1. The van der Waals surface area contributed by atoms with Gasteiger partial charge in [-0.2, -0.15) is 0 Å². The van der Waals surface area contributed by atoms with Crippen LogP contribution in [0.1, 0.15) is 44.9 Å². The van der Waals surface area contributed by atoms with Gasteiger partial charge in [0.05, 0.1) is 0 Å². The fraction of sp³-hybridized carbons (Fsp3) is 0.905. The van der Waals surface area contributed by atoms with Crippen LogP contribution in [0.2, 0.25) is 0 Å². The van der Waals surface area contributed by atoms with E-state index in [1.165, 1.54) is 0 Å². The smallest absolute Gasteiger partial charge is 0.239 e. The molecule has 4 aliphatic heterocycles. The average molecular weight is 392 g/mol. The third-order valence-electron chi connectivity index (χ3n) is 7.59. The Morgan fingerprint density at radius 1 is 1.04 bits per heavy atom. The molecule has 0 aliphatic carbocycles. The lowest BCUT2D eigenvalue weighted by atomic mass is 10.0. The minimum Gasteiger partial charge on any atom is -0.353 e. The minimum atomic E-state index is -0.0299. The van der Waals surface area contributed by atoms with Gasteiger partial charge in [0.15, 0.2) is 0 Å². The zero-order chi connectivity index (χ0) is 19.7. The number of rotatable bonds is 4. The molecule has 0 aromatic rings. The summed E-state index contributed by atoms with van der Waals surface area (Å²) in [6.07, 6.45) is 7.08. The lowest BCUT2D eigenvalue weighted by Crippen LogP contribution is -2.54. The van der Waals surface area contributed by atoms with Crippen LogP contribution in [0.3, 0.4) is 0 Å². The average Bonchev–Trinajstić information content (AvgIpc) is 3.36. The van der Waals surface area contributed by atoms with Crippen molar-refractivity contribution in [3.8, 4) is 0 Å². The molecule has 4 fully saturated rings. The second-order valence-electron chi connectivity index (χ2n) is 9.26. The Hall–Kier alpha value is -1.18. The molecule has 7 heteroatoms. The molecule has 4 rings (SSSR count). The first-order valence-electron chi connectivity index (χ1n) is 11.3. The van der Waals surface area contributed by atoms with Crippen LogP contribution >= 0.6 is 0 Å². The molecule has 4 aliphatic rings. The summed E-state index contributed by atoms with van der Waals surface area (Å²) in [5, 5.41) is 3.21. The van der Waals surface area contributed by atoms with Crippen LogP contribution in [0.5, 0.6) is 0 Å². The van der Waals surface area contributed by atoms with Gasteiger partial charge in [-0.05, 0) is 65.7 Å². The summed E-state index contributed by atoms with van der Waals surface area (Å²) in [5.41, 5.74) is 0. The maximum absolute atomic E-state index is 13.0. The maximum Gasteiger partial charge on any atom is 0.239 e. The summed E-state index contributed by atoms with van der Waals surface area (Å²) < 4.78 is 0. The van der Waals surface area contributed by atoms with Crippen LogP contribution in [0.4, 0.5) is 0 Å². The lowest BCUT2D eigenvalue weighted by molar-refractivity contribution is -0.130. The molecule has 3 atom stereocenters. The normalized spacial score (nSPS) is 33.7. The Kier molecular flexibility index (Phi) is 6.23. The highest BCUT2D eigenvalue weighted by Gasteiger charge is 2.47. The number of carbonyl (C=O) groups is 2. The van der Waals surface area contributed by atoms with Gasteiger partial charge in [0, 0.05) is 50.7 Å². The molecule has 28 heavy (non-hydrogen) atoms. The summed E-state index contributed by atoms with van der Waals surface area (Å²) in [5.74, 6) is 0.485. The first kappa shape index (κ1) is 20.1. The van der Waals surface area contributed by atoms with Gasteiger partial charge in [0.2, 0.25) is 11.8 Å². The number of piperidine rings is 1. The number of carbonyl (C=O) groups excluding carboxylic acids is 2. The molecule has 0 saturated carbocycles. The van der Waals surface area contributed by atoms with E-state index in [9.17, 15) is 9.59 Å². The van der Waals surface area contributed by atoms with Crippen LogP contribution in [-0.2, 0) is 9.59 Å². The minimum absolute atomic E-state index is 0.0299. The second kappa shape index (κ2) is 8.67. The highest BCUT2D eigenvalue weighted by atomic mass is 16.2. The number of hydrogen-bond donors (Lipinski definition) is 1. The van der Waals surface area contributed by atoms with E-state index in [2.05, 4.69) is 34.1 Å². The molecule has 0 unspecified atom stereocenters. The van der Waals surface area contributed by atoms with Gasteiger partial charge in [-0.15, -0.1) is 0 Å². The molecule has 7 nitrogen and oxygen atoms in total. The van der Waals surface area contributed by atoms with E-state index in [1.54, 1.807) is 0 Å². The van der Waals surface area contributed by atoms with Gasteiger partial charge in [0.1, 0.15) is 6.04 Å². The Balaban J connectivity index is 1.38. The fourth-order valence-electron chi connectivity index (χ4n) is 5.75. The van der Waals surface area contributed by atoms with E-state index in [0.717, 1.165) is 71.2 Å². The van der Waals surface area contributed by atoms with E-state index in [4.69, 9.17) is 0 Å². The SMILES string of the molecule is CN1CCC(N2CC[C@@H]3[C@H]2C(=O)NC[C@H](CCC(=O)N2CCCC2)N3C)CC1. The third kappa shape index (κ3) is 4.07. The van der Waals surface area contributed by atoms with Crippen molar-refractivity contribution in [3.63, 3.8) is 0 Å². The van der Waals surface area contributed by atoms with Gasteiger partial charge in [0.25, 0.3) is 0 Å². The number of fused-ring (bicyclic) bond motifs is 1. The van der Waals surface area contributed by atoms with E-state index < -0.39 is 0 Å². The number of nitrogens with one attached hydrogen (secondary N) is 1. The third-order valence-corrected chi connectivity index (χ3v) is 7.59. The van der Waals surface area contributed by atoms with Crippen LogP contribution in [0, 0.1) is 0 Å². The summed E-state index contributed by atoms with van der Waals surface area (Å²) in [4.78, 5) is 34.7. The summed E-state index contributed by atoms with van der Waals surface area (Å²) in [6, 6.07) is 1.02. The molecule has 0 bridgehead atoms. The molecule has 4 heterocycles. The lowest BCUT2D eigenvalue weighted by Gasteiger charge is -2.39. The van der Waals surface area contributed by atoms with Gasteiger partial charge in [-0.3, -0.25) is 19.4 Å². The van der Waals surface area contributed by atoms with E-state index in [-0.39, 0.29) is 29.9 Å². The highest BCUT2D eigenvalue weighted by molar-refractivity contribution is 5.83. The predicted molar refractivity (Wildman–Crippen MR) is 109 cm³/mol. The van der Waals surface area contributed by atoms with Crippen molar-refractivity contribution in [1.29, 1.82) is 0 Å². The van der Waals surface area contributed by atoms with E-state index in [1.807, 2.05) is 4.90 Å². The largest absolute Gasteiger partial charge is 0.353 e. The zero-order valence-electron chi connectivity index (χ0n) is 17.6. The van der Waals surface area contributed by atoms with Crippen LogP contribution < -0.4 is 5.32 Å². The number of likely N-dealkylation sites (tertiary alicyclic amines) is 3. The van der Waals surface area contributed by atoms with Crippen molar-refractivity contribution >= 4 is 11.8 Å². The number of likely N-dealkylation sites (N-methyl/N-ethyl adjacent to an activating group) is 1. The molecule has 4 saturated heterocycles. The Morgan fingerprint density at radius 3 is 2.46 bits per heavy atom. The number of hydrogen-bond acceptors (Lipinski definition) is 5. The number of amides is 2. The van der Waals surface area contributed by atoms with E-state index in [0.29, 0.717) is 19.0 Å². The summed E-state index contributed by atoms with van der Waals surface area (Å²) in [6.45, 7) is 5.77. The van der Waals surface area contributed by atoms with Crippen LogP contribution in [-0.4, -0.2) is 109 Å². The predicted octanol–water partition coefficient (Wildman–Crippen LogP) is 0.356. The molecular formula is C21H37N5O2. The Labute approximate surface area is 169 Å². The van der Waals surface area contributed by atoms with Crippen molar-refractivity contribution in [2.75, 3.05) is 53.4 Å². The van der Waals surface area contributed by atoms with Crippen molar-refractivity contribution < 1.29 is 9.59 Å². The second-order valence-corrected chi connectivity index (χ2v) is 9.26. The molecule has 0 aromatic carbocycles. The monoisotopic (exact) mass is 391 g/mol. The fourth-order valence-corrected chi connectivity index (χ4v) is 5.75. The quantitative estimate of drug-likeness (QED) is 0.750. The van der Waals surface area contributed by atoms with E-state index >= 15 is 0 Å². The first-order valence-corrected chi connectivity index (χ1v) is 11.3. The van der Waals surface area contributed by atoms with Crippen LogP contribution in [0.25, 0.3) is 0 Å². The van der Waals surface area contributed by atoms with Gasteiger partial charge in [-0.1, -0.05) is 0 Å². The van der Waals surface area contributed by atoms with Gasteiger partial charge < -0.3 is 15.1 Å². The number of nitrogens with zero attached hydrogens (tertiary/aromatic N) is 4. The molecule has 0 radical (unpaired) electrons. The Bertz CT molecular complexity index is 571. The molecule has 0 aromatic heterocycles. The van der Waals surface area contributed by atoms with Crippen molar-refractivity contribution in [2.24, 2.45) is 0 Å². The molecule has 158 valence electrons. The summed E-state index contributed by atoms with van der Waals surface area (Å²) in [7, 11) is 4.35. The van der Waals surface area contributed by atoms with Crippen LogP contribution in [0.15, 0.2) is 0 Å². The summed E-state index contributed by atoms with van der Waals surface area (Å²) >= 11 is 0. The maximum atomic E-state index is 13.0. The first-order chi connectivity index (χ1) is 13.5. The van der Waals surface area contributed by atoms with Crippen molar-refractivity contribution in [2.45, 2.75) is 69.1 Å². The molecule has 0 spiro atoms. The highest BCUT2D eigenvalue weighted by Crippen LogP contribution is 2.31. The van der Waals surface area contributed by atoms with Gasteiger partial charge >= 0.3 is 0 Å². The Morgan fingerprint density at radius 2 is 1.75 bits per heavy atom.